The third-order valence-electron chi connectivity index (χ3n) is 3.26. The Morgan fingerprint density at radius 1 is 1.16 bits per heavy atom. The van der Waals surface area contributed by atoms with Gasteiger partial charge >= 0.3 is 0 Å². The van der Waals surface area contributed by atoms with Crippen molar-refractivity contribution in [2.75, 3.05) is 7.11 Å². The van der Waals surface area contributed by atoms with Crippen molar-refractivity contribution in [1.29, 1.82) is 0 Å². The number of halogens is 1. The van der Waals surface area contributed by atoms with Gasteiger partial charge in [0.2, 0.25) is 0 Å². The molecule has 2 rings (SSSR count). The van der Waals surface area contributed by atoms with Crippen LogP contribution in [0.25, 0.3) is 0 Å². The molecule has 0 unspecified atom stereocenters. The van der Waals surface area contributed by atoms with Gasteiger partial charge in [0.15, 0.2) is 0 Å². The standard InChI is InChI=1S/C16H18ClNO/c1-12(13-6-4-3-5-7-13)18-11-14-10-15(17)8-9-16(14)19-2/h3-10,12,18H,11H2,1-2H3/p+1/t12-/m0/s1. The maximum atomic E-state index is 6.04. The Bertz CT molecular complexity index is 528. The molecular weight excluding hydrogens is 258 g/mol. The fourth-order valence-corrected chi connectivity index (χ4v) is 2.30. The molecule has 2 aromatic rings. The van der Waals surface area contributed by atoms with Crippen LogP contribution >= 0.6 is 11.6 Å². The Morgan fingerprint density at radius 2 is 1.89 bits per heavy atom. The van der Waals surface area contributed by atoms with Crippen LogP contribution in [0.5, 0.6) is 5.75 Å². The summed E-state index contributed by atoms with van der Waals surface area (Å²) >= 11 is 6.04. The van der Waals surface area contributed by atoms with Crippen LogP contribution in [-0.2, 0) is 6.54 Å². The van der Waals surface area contributed by atoms with Gasteiger partial charge in [-0.25, -0.2) is 0 Å². The molecule has 0 saturated carbocycles. The SMILES string of the molecule is COc1ccc(Cl)cc1C[NH2+][C@@H](C)c1ccccc1. The van der Waals surface area contributed by atoms with Crippen LogP contribution in [0.1, 0.15) is 24.1 Å². The van der Waals surface area contributed by atoms with E-state index >= 15 is 0 Å². The summed E-state index contributed by atoms with van der Waals surface area (Å²) in [4.78, 5) is 0. The van der Waals surface area contributed by atoms with Crippen molar-refractivity contribution in [1.82, 2.24) is 0 Å². The molecule has 2 N–H and O–H groups in total. The first-order valence-corrected chi connectivity index (χ1v) is 6.79. The van der Waals surface area contributed by atoms with Gasteiger partial charge in [0.05, 0.1) is 7.11 Å². The van der Waals surface area contributed by atoms with Crippen LogP contribution in [-0.4, -0.2) is 7.11 Å². The van der Waals surface area contributed by atoms with E-state index < -0.39 is 0 Å². The summed E-state index contributed by atoms with van der Waals surface area (Å²) in [5, 5.41) is 3.03. The molecular formula is C16H19ClNO+. The molecule has 2 aromatic carbocycles. The third-order valence-corrected chi connectivity index (χ3v) is 3.49. The molecule has 0 amide bonds. The fourth-order valence-electron chi connectivity index (χ4n) is 2.10. The predicted molar refractivity (Wildman–Crippen MR) is 78.5 cm³/mol. The van der Waals surface area contributed by atoms with Crippen molar-refractivity contribution in [3.63, 3.8) is 0 Å². The Kier molecular flexibility index (Phi) is 4.83. The van der Waals surface area contributed by atoms with E-state index in [4.69, 9.17) is 16.3 Å². The second kappa shape index (κ2) is 6.60. The number of benzene rings is 2. The van der Waals surface area contributed by atoms with Crippen molar-refractivity contribution in [3.05, 3.63) is 64.7 Å². The monoisotopic (exact) mass is 276 g/mol. The molecule has 100 valence electrons. The lowest BCUT2D eigenvalue weighted by Crippen LogP contribution is -2.83. The summed E-state index contributed by atoms with van der Waals surface area (Å²) in [6, 6.07) is 16.6. The Morgan fingerprint density at radius 3 is 2.58 bits per heavy atom. The van der Waals surface area contributed by atoms with E-state index in [0.29, 0.717) is 6.04 Å². The molecule has 0 radical (unpaired) electrons. The average Bonchev–Trinajstić information content (AvgIpc) is 2.46. The van der Waals surface area contributed by atoms with E-state index in [1.165, 1.54) is 5.56 Å². The molecule has 0 heterocycles. The first-order chi connectivity index (χ1) is 9.20. The summed E-state index contributed by atoms with van der Waals surface area (Å²) in [6.07, 6.45) is 0. The highest BCUT2D eigenvalue weighted by atomic mass is 35.5. The van der Waals surface area contributed by atoms with Crippen LogP contribution in [0.3, 0.4) is 0 Å². The molecule has 0 fully saturated rings. The number of nitrogens with two attached hydrogens (primary N) is 1. The van der Waals surface area contributed by atoms with E-state index in [2.05, 4.69) is 36.5 Å². The molecule has 0 aromatic heterocycles. The summed E-state index contributed by atoms with van der Waals surface area (Å²) < 4.78 is 5.36. The van der Waals surface area contributed by atoms with Gasteiger partial charge in [-0.05, 0) is 25.1 Å². The van der Waals surface area contributed by atoms with Crippen LogP contribution < -0.4 is 10.1 Å². The van der Waals surface area contributed by atoms with Gasteiger partial charge in [-0.3, -0.25) is 0 Å². The Labute approximate surface area is 119 Å². The normalized spacial score (nSPS) is 12.2. The highest BCUT2D eigenvalue weighted by Crippen LogP contribution is 2.21. The van der Waals surface area contributed by atoms with Crippen LogP contribution in [0.2, 0.25) is 5.02 Å². The molecule has 1 atom stereocenters. The lowest BCUT2D eigenvalue weighted by atomic mass is 10.1. The zero-order valence-electron chi connectivity index (χ0n) is 11.3. The minimum absolute atomic E-state index is 0.407. The molecule has 19 heavy (non-hydrogen) atoms. The van der Waals surface area contributed by atoms with E-state index in [1.54, 1.807) is 7.11 Å². The number of quaternary nitrogens is 1. The van der Waals surface area contributed by atoms with E-state index in [0.717, 1.165) is 22.9 Å². The highest BCUT2D eigenvalue weighted by molar-refractivity contribution is 6.30. The largest absolute Gasteiger partial charge is 0.496 e. The molecule has 0 saturated heterocycles. The zero-order chi connectivity index (χ0) is 13.7. The molecule has 0 aliphatic carbocycles. The topological polar surface area (TPSA) is 25.8 Å². The maximum Gasteiger partial charge on any atom is 0.127 e. The van der Waals surface area contributed by atoms with Crippen LogP contribution in [0.15, 0.2) is 48.5 Å². The fraction of sp³-hybridized carbons (Fsp3) is 0.250. The first-order valence-electron chi connectivity index (χ1n) is 6.41. The quantitative estimate of drug-likeness (QED) is 0.892. The predicted octanol–water partition coefficient (Wildman–Crippen LogP) is 3.17. The second-order valence-corrected chi connectivity index (χ2v) is 5.03. The number of methoxy groups -OCH3 is 1. The smallest absolute Gasteiger partial charge is 0.127 e. The minimum Gasteiger partial charge on any atom is -0.496 e. The van der Waals surface area contributed by atoms with Crippen molar-refractivity contribution in [3.8, 4) is 5.75 Å². The molecule has 0 aliphatic heterocycles. The molecule has 0 spiro atoms. The number of rotatable bonds is 5. The second-order valence-electron chi connectivity index (χ2n) is 4.60. The molecule has 3 heteroatoms. The summed E-state index contributed by atoms with van der Waals surface area (Å²) in [5.74, 6) is 0.890. The average molecular weight is 277 g/mol. The Hall–Kier alpha value is -1.51. The number of hydrogen-bond acceptors (Lipinski definition) is 1. The zero-order valence-corrected chi connectivity index (χ0v) is 12.0. The van der Waals surface area contributed by atoms with Gasteiger partial charge < -0.3 is 10.1 Å². The van der Waals surface area contributed by atoms with Gasteiger partial charge in [-0.15, -0.1) is 0 Å². The summed E-state index contributed by atoms with van der Waals surface area (Å²) in [7, 11) is 1.69. The van der Waals surface area contributed by atoms with Crippen LogP contribution in [0, 0.1) is 0 Å². The van der Waals surface area contributed by atoms with E-state index in [1.807, 2.05) is 24.3 Å². The van der Waals surface area contributed by atoms with Gasteiger partial charge in [0.25, 0.3) is 0 Å². The lowest BCUT2D eigenvalue weighted by Gasteiger charge is -2.13. The maximum absolute atomic E-state index is 6.04. The summed E-state index contributed by atoms with van der Waals surface area (Å²) in [6.45, 7) is 3.05. The van der Waals surface area contributed by atoms with Crippen molar-refractivity contribution >= 4 is 11.6 Å². The van der Waals surface area contributed by atoms with E-state index in [9.17, 15) is 0 Å². The number of ether oxygens (including phenoxy) is 1. The van der Waals surface area contributed by atoms with Gasteiger partial charge in [0, 0.05) is 16.1 Å². The third kappa shape index (κ3) is 3.72. The van der Waals surface area contributed by atoms with Crippen molar-refractivity contribution < 1.29 is 10.1 Å². The molecule has 2 nitrogen and oxygen atoms in total. The Balaban J connectivity index is 2.04. The summed E-state index contributed by atoms with van der Waals surface area (Å²) in [5.41, 5.74) is 2.45. The highest BCUT2D eigenvalue weighted by Gasteiger charge is 2.10. The van der Waals surface area contributed by atoms with Crippen LogP contribution in [0.4, 0.5) is 0 Å². The number of hydrogen-bond donors (Lipinski definition) is 1. The van der Waals surface area contributed by atoms with E-state index in [-0.39, 0.29) is 0 Å². The van der Waals surface area contributed by atoms with Gasteiger partial charge in [-0.2, -0.15) is 0 Å². The minimum atomic E-state index is 0.407. The first kappa shape index (κ1) is 13.9. The van der Waals surface area contributed by atoms with Crippen molar-refractivity contribution in [2.45, 2.75) is 19.5 Å². The molecule has 0 aliphatic rings. The van der Waals surface area contributed by atoms with Gasteiger partial charge in [0.1, 0.15) is 18.3 Å². The van der Waals surface area contributed by atoms with Gasteiger partial charge in [-0.1, -0.05) is 41.9 Å². The molecule has 0 bridgehead atoms. The lowest BCUT2D eigenvalue weighted by molar-refractivity contribution is -0.708. The van der Waals surface area contributed by atoms with Crippen molar-refractivity contribution in [2.24, 2.45) is 0 Å².